The lowest BCUT2D eigenvalue weighted by Gasteiger charge is -2.10. The summed E-state index contributed by atoms with van der Waals surface area (Å²) in [6, 6.07) is 11.9. The van der Waals surface area contributed by atoms with Crippen molar-refractivity contribution in [3.05, 3.63) is 70.1 Å². The van der Waals surface area contributed by atoms with Gasteiger partial charge in [-0.15, -0.1) is 11.3 Å². The van der Waals surface area contributed by atoms with E-state index in [-0.39, 0.29) is 10.6 Å². The van der Waals surface area contributed by atoms with Gasteiger partial charge in [0.05, 0.1) is 5.56 Å². The highest BCUT2D eigenvalue weighted by Crippen LogP contribution is 2.42. The fourth-order valence-electron chi connectivity index (χ4n) is 3.01. The third kappa shape index (κ3) is 5.38. The van der Waals surface area contributed by atoms with Crippen molar-refractivity contribution in [1.82, 2.24) is 0 Å². The van der Waals surface area contributed by atoms with Crippen molar-refractivity contribution in [3.63, 3.8) is 0 Å². The van der Waals surface area contributed by atoms with E-state index in [4.69, 9.17) is 9.84 Å². The number of aliphatic carboxylic acids is 1. The van der Waals surface area contributed by atoms with E-state index in [1.165, 1.54) is 12.1 Å². The minimum atomic E-state index is -4.39. The van der Waals surface area contributed by atoms with E-state index >= 15 is 0 Å². The van der Waals surface area contributed by atoms with Gasteiger partial charge in [-0.05, 0) is 42.3 Å². The van der Waals surface area contributed by atoms with Crippen molar-refractivity contribution in [1.29, 1.82) is 0 Å². The average molecular weight is 465 g/mol. The SMILES string of the molecule is Cc1c(-c2cccc(NCc3ccc(C(F)(F)F)cc3)c2)sc(C(=O)O)c1OCC(=O)O. The maximum Gasteiger partial charge on any atom is 0.416 e. The Kier molecular flexibility index (Phi) is 6.73. The molecule has 32 heavy (non-hydrogen) atoms. The predicted octanol–water partition coefficient (Wildman–Crippen LogP) is 5.52. The quantitative estimate of drug-likeness (QED) is 0.406. The summed E-state index contributed by atoms with van der Waals surface area (Å²) < 4.78 is 43.3. The lowest BCUT2D eigenvalue weighted by Crippen LogP contribution is -2.11. The maximum absolute atomic E-state index is 12.7. The van der Waals surface area contributed by atoms with Crippen LogP contribution in [0.25, 0.3) is 10.4 Å². The van der Waals surface area contributed by atoms with Crippen LogP contribution < -0.4 is 10.1 Å². The number of halogens is 3. The van der Waals surface area contributed by atoms with Gasteiger partial charge in [0.15, 0.2) is 11.5 Å². The average Bonchev–Trinajstić information content (AvgIpc) is 3.07. The zero-order chi connectivity index (χ0) is 23.5. The number of hydrogen-bond donors (Lipinski definition) is 3. The second-order valence-electron chi connectivity index (χ2n) is 6.83. The number of carboxylic acids is 2. The Morgan fingerprint density at radius 2 is 1.78 bits per heavy atom. The van der Waals surface area contributed by atoms with Crippen LogP contribution in [0.4, 0.5) is 18.9 Å². The number of alkyl halides is 3. The van der Waals surface area contributed by atoms with E-state index in [0.717, 1.165) is 23.5 Å². The van der Waals surface area contributed by atoms with Gasteiger partial charge >= 0.3 is 18.1 Å². The first-order valence-corrected chi connectivity index (χ1v) is 10.1. The van der Waals surface area contributed by atoms with Crippen molar-refractivity contribution in [2.45, 2.75) is 19.6 Å². The Hall–Kier alpha value is -3.53. The van der Waals surface area contributed by atoms with Crippen LogP contribution in [-0.2, 0) is 17.5 Å². The van der Waals surface area contributed by atoms with Gasteiger partial charge in [-0.2, -0.15) is 13.2 Å². The van der Waals surface area contributed by atoms with Crippen molar-refractivity contribution < 1.29 is 37.7 Å². The number of ether oxygens (including phenoxy) is 1. The molecule has 0 aliphatic rings. The Morgan fingerprint density at radius 1 is 1.09 bits per heavy atom. The topological polar surface area (TPSA) is 95.9 Å². The summed E-state index contributed by atoms with van der Waals surface area (Å²) in [7, 11) is 0. The first-order valence-electron chi connectivity index (χ1n) is 9.28. The highest BCUT2D eigenvalue weighted by Gasteiger charge is 2.29. The van der Waals surface area contributed by atoms with Crippen LogP contribution in [0.15, 0.2) is 48.5 Å². The highest BCUT2D eigenvalue weighted by atomic mass is 32.1. The number of benzene rings is 2. The zero-order valence-electron chi connectivity index (χ0n) is 16.7. The molecule has 2 aromatic carbocycles. The van der Waals surface area contributed by atoms with Gasteiger partial charge in [-0.25, -0.2) is 9.59 Å². The van der Waals surface area contributed by atoms with Crippen molar-refractivity contribution >= 4 is 29.0 Å². The minimum absolute atomic E-state index is 0.0167. The van der Waals surface area contributed by atoms with Gasteiger partial charge in [-0.3, -0.25) is 0 Å². The Morgan fingerprint density at radius 3 is 2.38 bits per heavy atom. The normalized spacial score (nSPS) is 11.2. The molecule has 0 fully saturated rings. The number of carboxylic acid groups (broad SMARTS) is 2. The van der Waals surface area contributed by atoms with Crippen LogP contribution in [0, 0.1) is 6.92 Å². The molecule has 10 heteroatoms. The predicted molar refractivity (Wildman–Crippen MR) is 113 cm³/mol. The molecule has 1 aromatic heterocycles. The fraction of sp³-hybridized carbons (Fsp3) is 0.182. The Balaban J connectivity index is 1.81. The number of aromatic carboxylic acids is 1. The molecule has 3 N–H and O–H groups in total. The van der Waals surface area contributed by atoms with Crippen molar-refractivity contribution in [2.24, 2.45) is 0 Å². The molecule has 0 atom stereocenters. The molecule has 3 rings (SSSR count). The monoisotopic (exact) mass is 465 g/mol. The van der Waals surface area contributed by atoms with E-state index < -0.39 is 30.3 Å². The molecule has 1 heterocycles. The molecule has 0 unspecified atom stereocenters. The van der Waals surface area contributed by atoms with Gasteiger partial charge < -0.3 is 20.3 Å². The molecule has 0 radical (unpaired) electrons. The second kappa shape index (κ2) is 9.31. The lowest BCUT2D eigenvalue weighted by molar-refractivity contribution is -0.139. The molecule has 0 saturated heterocycles. The van der Waals surface area contributed by atoms with E-state index in [1.807, 2.05) is 0 Å². The Bertz CT molecular complexity index is 1140. The first-order chi connectivity index (χ1) is 15.1. The van der Waals surface area contributed by atoms with E-state index in [9.17, 15) is 27.9 Å². The summed E-state index contributed by atoms with van der Waals surface area (Å²) in [6.45, 7) is 1.28. The summed E-state index contributed by atoms with van der Waals surface area (Å²) in [6.07, 6.45) is -4.39. The lowest BCUT2D eigenvalue weighted by atomic mass is 10.1. The molecule has 0 amide bonds. The summed E-state index contributed by atoms with van der Waals surface area (Å²) in [5.74, 6) is -2.42. The fourth-order valence-corrected chi connectivity index (χ4v) is 4.10. The van der Waals surface area contributed by atoms with Crippen LogP contribution in [0.2, 0.25) is 0 Å². The minimum Gasteiger partial charge on any atom is -0.480 e. The highest BCUT2D eigenvalue weighted by molar-refractivity contribution is 7.18. The molecule has 168 valence electrons. The molecular formula is C22H18F3NO5S. The number of rotatable bonds is 8. The van der Waals surface area contributed by atoms with Crippen LogP contribution >= 0.6 is 11.3 Å². The van der Waals surface area contributed by atoms with Crippen molar-refractivity contribution in [3.8, 4) is 16.2 Å². The van der Waals surface area contributed by atoms with Crippen molar-refractivity contribution in [2.75, 3.05) is 11.9 Å². The summed E-state index contributed by atoms with van der Waals surface area (Å²) >= 11 is 0.974. The van der Waals surface area contributed by atoms with Gasteiger partial charge in [0.25, 0.3) is 0 Å². The number of carbonyl (C=O) groups is 2. The van der Waals surface area contributed by atoms with Gasteiger partial charge in [0.2, 0.25) is 0 Å². The number of hydrogen-bond acceptors (Lipinski definition) is 5. The number of thiophene rings is 1. The molecule has 0 aliphatic heterocycles. The summed E-state index contributed by atoms with van der Waals surface area (Å²) in [5.41, 5.74) is 1.83. The summed E-state index contributed by atoms with van der Waals surface area (Å²) in [5, 5.41) is 21.4. The largest absolute Gasteiger partial charge is 0.480 e. The van der Waals surface area contributed by atoms with E-state index in [1.54, 1.807) is 31.2 Å². The van der Waals surface area contributed by atoms with Crippen LogP contribution in [0.1, 0.15) is 26.4 Å². The molecule has 0 bridgehead atoms. The van der Waals surface area contributed by atoms with E-state index in [2.05, 4.69) is 5.32 Å². The molecular weight excluding hydrogens is 447 g/mol. The van der Waals surface area contributed by atoms with Crippen LogP contribution in [0.5, 0.6) is 5.75 Å². The molecule has 0 aliphatic carbocycles. The third-order valence-electron chi connectivity index (χ3n) is 4.53. The summed E-state index contributed by atoms with van der Waals surface area (Å²) in [4.78, 5) is 22.9. The first kappa shape index (κ1) is 23.1. The molecule has 3 aromatic rings. The molecule has 6 nitrogen and oxygen atoms in total. The standard InChI is InChI=1S/C22H18F3NO5S/c1-12-18(31-11-17(27)28)20(21(29)30)32-19(12)14-3-2-4-16(9-14)26-10-13-5-7-15(8-6-13)22(23,24)25/h2-9,26H,10-11H2,1H3,(H,27,28)(H,29,30). The van der Waals surface area contributed by atoms with Crippen LogP contribution in [0.3, 0.4) is 0 Å². The van der Waals surface area contributed by atoms with Gasteiger partial charge in [0.1, 0.15) is 5.75 Å². The second-order valence-corrected chi connectivity index (χ2v) is 7.85. The Labute approximate surface area is 184 Å². The smallest absolute Gasteiger partial charge is 0.416 e. The number of nitrogens with one attached hydrogen (secondary N) is 1. The van der Waals surface area contributed by atoms with Gasteiger partial charge in [-0.1, -0.05) is 24.3 Å². The zero-order valence-corrected chi connectivity index (χ0v) is 17.5. The van der Waals surface area contributed by atoms with Gasteiger partial charge in [0, 0.05) is 22.7 Å². The van der Waals surface area contributed by atoms with Crippen LogP contribution in [-0.4, -0.2) is 28.8 Å². The van der Waals surface area contributed by atoms with E-state index in [0.29, 0.717) is 33.8 Å². The number of anilines is 1. The molecule has 0 spiro atoms. The third-order valence-corrected chi connectivity index (χ3v) is 5.84. The maximum atomic E-state index is 12.7. The molecule has 0 saturated carbocycles.